The van der Waals surface area contributed by atoms with Crippen LogP contribution in [-0.2, 0) is 6.42 Å². The molecule has 1 aromatic carbocycles. The Balaban J connectivity index is 3.13. The minimum Gasteiger partial charge on any atom is -0.507 e. The standard InChI is InChI=1S/C14H18O3/c1-4-17-14-8-13(16)12(9-15)7-11(14)6-5-10(2)3/h5,7-9,16H,4,6H2,1-3H3. The Kier molecular flexibility index (Phi) is 4.76. The summed E-state index contributed by atoms with van der Waals surface area (Å²) in [5.74, 6) is 0.595. The van der Waals surface area contributed by atoms with E-state index < -0.39 is 0 Å². The third-order valence-corrected chi connectivity index (χ3v) is 2.37. The van der Waals surface area contributed by atoms with Crippen molar-refractivity contribution >= 4 is 6.29 Å². The van der Waals surface area contributed by atoms with Gasteiger partial charge in [0, 0.05) is 6.07 Å². The molecule has 0 radical (unpaired) electrons. The lowest BCUT2D eigenvalue weighted by atomic mass is 10.0. The maximum atomic E-state index is 10.8. The molecular weight excluding hydrogens is 216 g/mol. The van der Waals surface area contributed by atoms with Crippen LogP contribution >= 0.6 is 0 Å². The first-order chi connectivity index (χ1) is 8.08. The van der Waals surface area contributed by atoms with Gasteiger partial charge in [0.05, 0.1) is 12.2 Å². The number of carbonyl (C=O) groups excluding carboxylic acids is 1. The summed E-state index contributed by atoms with van der Waals surface area (Å²) in [5, 5.41) is 9.59. The van der Waals surface area contributed by atoms with E-state index in [-0.39, 0.29) is 5.75 Å². The predicted molar refractivity (Wildman–Crippen MR) is 67.8 cm³/mol. The van der Waals surface area contributed by atoms with Gasteiger partial charge in [0.15, 0.2) is 6.29 Å². The first-order valence-corrected chi connectivity index (χ1v) is 5.65. The van der Waals surface area contributed by atoms with E-state index in [4.69, 9.17) is 4.74 Å². The average molecular weight is 234 g/mol. The Morgan fingerprint density at radius 2 is 2.12 bits per heavy atom. The van der Waals surface area contributed by atoms with Gasteiger partial charge in [-0.2, -0.15) is 0 Å². The molecule has 0 fully saturated rings. The van der Waals surface area contributed by atoms with Crippen LogP contribution in [0.15, 0.2) is 23.8 Å². The Morgan fingerprint density at radius 1 is 1.41 bits per heavy atom. The number of allylic oxidation sites excluding steroid dienone is 2. The lowest BCUT2D eigenvalue weighted by Gasteiger charge is -2.11. The van der Waals surface area contributed by atoms with Gasteiger partial charge in [-0.15, -0.1) is 0 Å². The number of phenolic OH excluding ortho intramolecular Hbond substituents is 1. The van der Waals surface area contributed by atoms with Gasteiger partial charge >= 0.3 is 0 Å². The number of aldehydes is 1. The quantitative estimate of drug-likeness (QED) is 0.629. The molecule has 3 heteroatoms. The highest BCUT2D eigenvalue weighted by Crippen LogP contribution is 2.28. The normalized spacial score (nSPS) is 9.82. The lowest BCUT2D eigenvalue weighted by Crippen LogP contribution is -1.98. The van der Waals surface area contributed by atoms with Crippen molar-refractivity contribution < 1.29 is 14.6 Å². The van der Waals surface area contributed by atoms with E-state index in [2.05, 4.69) is 6.08 Å². The van der Waals surface area contributed by atoms with E-state index in [1.54, 1.807) is 6.07 Å². The highest BCUT2D eigenvalue weighted by Gasteiger charge is 2.09. The molecule has 3 nitrogen and oxygen atoms in total. The zero-order valence-electron chi connectivity index (χ0n) is 10.5. The molecule has 1 rings (SSSR count). The number of benzene rings is 1. The monoisotopic (exact) mass is 234 g/mol. The highest BCUT2D eigenvalue weighted by molar-refractivity contribution is 5.80. The summed E-state index contributed by atoms with van der Waals surface area (Å²) in [7, 11) is 0. The van der Waals surface area contributed by atoms with Gasteiger partial charge in [0.25, 0.3) is 0 Å². The van der Waals surface area contributed by atoms with E-state index >= 15 is 0 Å². The number of aromatic hydroxyl groups is 1. The summed E-state index contributed by atoms with van der Waals surface area (Å²) in [6.45, 7) is 6.44. The fourth-order valence-corrected chi connectivity index (χ4v) is 1.49. The summed E-state index contributed by atoms with van der Waals surface area (Å²) < 4.78 is 5.44. The summed E-state index contributed by atoms with van der Waals surface area (Å²) in [5.41, 5.74) is 2.41. The third kappa shape index (κ3) is 3.63. The second-order valence-corrected chi connectivity index (χ2v) is 4.06. The van der Waals surface area contributed by atoms with Crippen LogP contribution in [0.2, 0.25) is 0 Å². The topological polar surface area (TPSA) is 46.5 Å². The number of phenols is 1. The summed E-state index contributed by atoms with van der Waals surface area (Å²) in [6, 6.07) is 3.17. The molecule has 0 bridgehead atoms. The first kappa shape index (κ1) is 13.3. The first-order valence-electron chi connectivity index (χ1n) is 5.65. The van der Waals surface area contributed by atoms with E-state index in [0.717, 1.165) is 5.56 Å². The van der Waals surface area contributed by atoms with Gasteiger partial charge in [0.2, 0.25) is 0 Å². The van der Waals surface area contributed by atoms with Crippen molar-refractivity contribution in [2.75, 3.05) is 6.61 Å². The van der Waals surface area contributed by atoms with Gasteiger partial charge in [-0.3, -0.25) is 4.79 Å². The lowest BCUT2D eigenvalue weighted by molar-refractivity contribution is 0.112. The zero-order valence-corrected chi connectivity index (χ0v) is 10.5. The minimum atomic E-state index is -0.0376. The van der Waals surface area contributed by atoms with Gasteiger partial charge < -0.3 is 9.84 Å². The Morgan fingerprint density at radius 3 is 2.65 bits per heavy atom. The SMILES string of the molecule is CCOc1cc(O)c(C=O)cc1CC=C(C)C. The summed E-state index contributed by atoms with van der Waals surface area (Å²) >= 11 is 0. The largest absolute Gasteiger partial charge is 0.507 e. The fourth-order valence-electron chi connectivity index (χ4n) is 1.49. The van der Waals surface area contributed by atoms with Crippen LogP contribution in [0.1, 0.15) is 36.7 Å². The van der Waals surface area contributed by atoms with Crippen LogP contribution in [0.3, 0.4) is 0 Å². The van der Waals surface area contributed by atoms with Crippen LogP contribution in [0, 0.1) is 0 Å². The molecule has 0 spiro atoms. The molecule has 0 aliphatic carbocycles. The molecule has 0 aliphatic rings. The molecule has 1 N–H and O–H groups in total. The molecular formula is C14H18O3. The van der Waals surface area contributed by atoms with Crippen molar-refractivity contribution in [1.82, 2.24) is 0 Å². The molecule has 0 unspecified atom stereocenters. The summed E-state index contributed by atoms with van der Waals surface area (Å²) in [6.07, 6.45) is 3.40. The van der Waals surface area contributed by atoms with E-state index in [9.17, 15) is 9.90 Å². The Hall–Kier alpha value is -1.77. The highest BCUT2D eigenvalue weighted by atomic mass is 16.5. The van der Waals surface area contributed by atoms with Crippen LogP contribution in [-0.4, -0.2) is 18.0 Å². The second-order valence-electron chi connectivity index (χ2n) is 4.06. The number of carbonyl (C=O) groups is 1. The zero-order chi connectivity index (χ0) is 12.8. The van der Waals surface area contributed by atoms with Crippen LogP contribution in [0.5, 0.6) is 11.5 Å². The molecule has 0 amide bonds. The third-order valence-electron chi connectivity index (χ3n) is 2.37. The van der Waals surface area contributed by atoms with Gasteiger partial charge in [-0.05, 0) is 38.8 Å². The maximum Gasteiger partial charge on any atom is 0.153 e. The van der Waals surface area contributed by atoms with Crippen molar-refractivity contribution in [3.05, 3.63) is 34.9 Å². The molecule has 17 heavy (non-hydrogen) atoms. The van der Waals surface area contributed by atoms with Crippen LogP contribution in [0.4, 0.5) is 0 Å². The minimum absolute atomic E-state index is 0.0376. The predicted octanol–water partition coefficient (Wildman–Crippen LogP) is 3.11. The molecule has 0 saturated carbocycles. The van der Waals surface area contributed by atoms with Gasteiger partial charge in [-0.1, -0.05) is 11.6 Å². The summed E-state index contributed by atoms with van der Waals surface area (Å²) in [4.78, 5) is 10.8. The van der Waals surface area contributed by atoms with Crippen molar-refractivity contribution in [1.29, 1.82) is 0 Å². The molecule has 0 aromatic heterocycles. The molecule has 0 heterocycles. The molecule has 0 aliphatic heterocycles. The number of hydrogen-bond donors (Lipinski definition) is 1. The average Bonchev–Trinajstić information content (AvgIpc) is 2.28. The van der Waals surface area contributed by atoms with Crippen molar-refractivity contribution in [3.63, 3.8) is 0 Å². The number of hydrogen-bond acceptors (Lipinski definition) is 3. The smallest absolute Gasteiger partial charge is 0.153 e. The molecule has 1 aromatic rings. The Bertz CT molecular complexity index is 429. The van der Waals surface area contributed by atoms with Gasteiger partial charge in [-0.25, -0.2) is 0 Å². The number of ether oxygens (including phenoxy) is 1. The van der Waals surface area contributed by atoms with Crippen molar-refractivity contribution in [2.45, 2.75) is 27.2 Å². The molecule has 92 valence electrons. The van der Waals surface area contributed by atoms with Crippen LogP contribution < -0.4 is 4.74 Å². The maximum absolute atomic E-state index is 10.8. The molecule has 0 saturated heterocycles. The van der Waals surface area contributed by atoms with E-state index in [0.29, 0.717) is 30.6 Å². The Labute approximate surface area is 102 Å². The second kappa shape index (κ2) is 6.09. The van der Waals surface area contributed by atoms with E-state index in [1.807, 2.05) is 20.8 Å². The van der Waals surface area contributed by atoms with Crippen molar-refractivity contribution in [3.8, 4) is 11.5 Å². The van der Waals surface area contributed by atoms with E-state index in [1.165, 1.54) is 11.6 Å². The van der Waals surface area contributed by atoms with Gasteiger partial charge in [0.1, 0.15) is 11.5 Å². The fraction of sp³-hybridized carbons (Fsp3) is 0.357. The van der Waals surface area contributed by atoms with Crippen molar-refractivity contribution in [2.24, 2.45) is 0 Å². The molecule has 0 atom stereocenters. The number of rotatable bonds is 5. The van der Waals surface area contributed by atoms with Crippen LogP contribution in [0.25, 0.3) is 0 Å².